The number of anilines is 1. The van der Waals surface area contributed by atoms with Crippen LogP contribution in [0.4, 0.5) is 10.1 Å². The minimum atomic E-state index is -1.31. The van der Waals surface area contributed by atoms with Crippen molar-refractivity contribution >= 4 is 34.9 Å². The van der Waals surface area contributed by atoms with Crippen LogP contribution in [0.2, 0.25) is 10.0 Å². The lowest BCUT2D eigenvalue weighted by molar-refractivity contribution is 0.0691. The molecule has 1 aromatic heterocycles. The van der Waals surface area contributed by atoms with Gasteiger partial charge >= 0.3 is 5.97 Å². The van der Waals surface area contributed by atoms with Crippen LogP contribution in [0.3, 0.4) is 0 Å². The van der Waals surface area contributed by atoms with Crippen molar-refractivity contribution in [3.63, 3.8) is 0 Å². The van der Waals surface area contributed by atoms with Gasteiger partial charge in [0.1, 0.15) is 5.82 Å². The van der Waals surface area contributed by atoms with Crippen molar-refractivity contribution in [3.05, 3.63) is 45.8 Å². The van der Waals surface area contributed by atoms with E-state index in [1.807, 2.05) is 0 Å². The first-order valence-electron chi connectivity index (χ1n) is 5.05. The van der Waals surface area contributed by atoms with Gasteiger partial charge in [-0.15, -0.1) is 0 Å². The smallest absolute Gasteiger partial charge is 0.356 e. The number of nitrogens with two attached hydrogens (primary N) is 1. The third-order valence-corrected chi connectivity index (χ3v) is 3.11. The van der Waals surface area contributed by atoms with Gasteiger partial charge in [0.2, 0.25) is 0 Å². The molecule has 0 bridgehead atoms. The SMILES string of the molecule is Nc1cc(-c2ccc(F)cc2Cl)nc(C(=O)O)c1Cl. The molecular weight excluding hydrogens is 294 g/mol. The standard InChI is InChI=1S/C12H7Cl2FN2O2/c13-7-3-5(15)1-2-6(7)9-4-8(16)10(14)11(17-9)12(18)19/h1-4H,(H2,16,17)(H,18,19). The molecule has 19 heavy (non-hydrogen) atoms. The van der Waals surface area contributed by atoms with Gasteiger partial charge in [0, 0.05) is 5.56 Å². The number of halogens is 3. The van der Waals surface area contributed by atoms with Crippen molar-refractivity contribution in [1.29, 1.82) is 0 Å². The molecule has 0 amide bonds. The van der Waals surface area contributed by atoms with Gasteiger partial charge in [0.15, 0.2) is 5.69 Å². The summed E-state index contributed by atoms with van der Waals surface area (Å²) in [5.74, 6) is -1.81. The summed E-state index contributed by atoms with van der Waals surface area (Å²) < 4.78 is 13.0. The summed E-state index contributed by atoms with van der Waals surface area (Å²) in [6.07, 6.45) is 0. The van der Waals surface area contributed by atoms with Crippen LogP contribution in [0, 0.1) is 5.82 Å². The van der Waals surface area contributed by atoms with Crippen molar-refractivity contribution in [2.75, 3.05) is 5.73 Å². The molecule has 4 nitrogen and oxygen atoms in total. The number of pyridine rings is 1. The van der Waals surface area contributed by atoms with Gasteiger partial charge in [0.25, 0.3) is 0 Å². The molecule has 0 unspecified atom stereocenters. The van der Waals surface area contributed by atoms with Crippen LogP contribution >= 0.6 is 23.2 Å². The van der Waals surface area contributed by atoms with Gasteiger partial charge in [-0.05, 0) is 24.3 Å². The molecule has 2 aromatic rings. The Balaban J connectivity index is 2.66. The Morgan fingerprint density at radius 2 is 2.00 bits per heavy atom. The second-order valence-electron chi connectivity index (χ2n) is 3.69. The number of aromatic carboxylic acids is 1. The number of carboxylic acids is 1. The molecule has 0 fully saturated rings. The van der Waals surface area contributed by atoms with Crippen LogP contribution in [0.25, 0.3) is 11.3 Å². The van der Waals surface area contributed by atoms with Crippen LogP contribution in [-0.2, 0) is 0 Å². The summed E-state index contributed by atoms with van der Waals surface area (Å²) in [7, 11) is 0. The van der Waals surface area contributed by atoms with Gasteiger partial charge < -0.3 is 10.8 Å². The molecule has 2 rings (SSSR count). The third-order valence-electron chi connectivity index (χ3n) is 2.40. The van der Waals surface area contributed by atoms with E-state index in [-0.39, 0.29) is 27.1 Å². The van der Waals surface area contributed by atoms with Crippen LogP contribution in [0.5, 0.6) is 0 Å². The van der Waals surface area contributed by atoms with E-state index >= 15 is 0 Å². The van der Waals surface area contributed by atoms with Gasteiger partial charge in [-0.1, -0.05) is 23.2 Å². The van der Waals surface area contributed by atoms with E-state index in [1.165, 1.54) is 18.2 Å². The summed E-state index contributed by atoms with van der Waals surface area (Å²) in [5, 5.41) is 8.94. The second-order valence-corrected chi connectivity index (χ2v) is 4.47. The Bertz CT molecular complexity index is 677. The number of carboxylic acid groups (broad SMARTS) is 1. The molecule has 1 heterocycles. The van der Waals surface area contributed by atoms with E-state index in [4.69, 9.17) is 34.0 Å². The average molecular weight is 301 g/mol. The molecule has 0 radical (unpaired) electrons. The molecule has 0 saturated carbocycles. The molecule has 0 atom stereocenters. The predicted octanol–water partition coefficient (Wildman–Crippen LogP) is 3.47. The highest BCUT2D eigenvalue weighted by Crippen LogP contribution is 2.32. The maximum atomic E-state index is 13.0. The summed E-state index contributed by atoms with van der Waals surface area (Å²) >= 11 is 11.6. The summed E-state index contributed by atoms with van der Waals surface area (Å²) in [6.45, 7) is 0. The first kappa shape index (κ1) is 13.6. The fraction of sp³-hybridized carbons (Fsp3) is 0. The molecule has 98 valence electrons. The third kappa shape index (κ3) is 2.62. The minimum absolute atomic E-state index is 0.0597. The zero-order chi connectivity index (χ0) is 14.2. The van der Waals surface area contributed by atoms with E-state index in [1.54, 1.807) is 0 Å². The van der Waals surface area contributed by atoms with Crippen LogP contribution in [0.15, 0.2) is 24.3 Å². The number of nitrogen functional groups attached to an aromatic ring is 1. The Kier molecular flexibility index (Phi) is 3.59. The van der Waals surface area contributed by atoms with Crippen molar-refractivity contribution < 1.29 is 14.3 Å². The van der Waals surface area contributed by atoms with E-state index in [0.29, 0.717) is 5.56 Å². The number of nitrogens with zero attached hydrogens (tertiary/aromatic N) is 1. The fourth-order valence-corrected chi connectivity index (χ4v) is 1.97. The van der Waals surface area contributed by atoms with E-state index in [0.717, 1.165) is 6.07 Å². The first-order chi connectivity index (χ1) is 8.90. The maximum Gasteiger partial charge on any atom is 0.356 e. The highest BCUT2D eigenvalue weighted by Gasteiger charge is 2.17. The molecule has 3 N–H and O–H groups in total. The predicted molar refractivity (Wildman–Crippen MR) is 71.0 cm³/mol. The number of benzene rings is 1. The van der Waals surface area contributed by atoms with E-state index < -0.39 is 11.8 Å². The largest absolute Gasteiger partial charge is 0.476 e. The van der Waals surface area contributed by atoms with Crippen molar-refractivity contribution in [3.8, 4) is 11.3 Å². The van der Waals surface area contributed by atoms with Gasteiger partial charge in [-0.3, -0.25) is 0 Å². The minimum Gasteiger partial charge on any atom is -0.476 e. The Labute approximate surface area is 117 Å². The van der Waals surface area contributed by atoms with Crippen molar-refractivity contribution in [1.82, 2.24) is 4.98 Å². The quantitative estimate of drug-likeness (QED) is 0.890. The van der Waals surface area contributed by atoms with E-state index in [2.05, 4.69) is 4.98 Å². The maximum absolute atomic E-state index is 13.0. The molecule has 0 spiro atoms. The molecule has 1 aromatic carbocycles. The number of rotatable bonds is 2. The highest BCUT2D eigenvalue weighted by molar-refractivity contribution is 6.36. The van der Waals surface area contributed by atoms with E-state index in [9.17, 15) is 9.18 Å². The monoisotopic (exact) mass is 300 g/mol. The zero-order valence-corrected chi connectivity index (χ0v) is 10.8. The second kappa shape index (κ2) is 5.03. The fourth-order valence-electron chi connectivity index (χ4n) is 1.53. The lowest BCUT2D eigenvalue weighted by Gasteiger charge is -2.08. The summed E-state index contributed by atoms with van der Waals surface area (Å²) in [5.41, 5.74) is 5.89. The molecule has 0 aliphatic rings. The van der Waals surface area contributed by atoms with Gasteiger partial charge in [0.05, 0.1) is 21.4 Å². The van der Waals surface area contributed by atoms with Crippen molar-refractivity contribution in [2.45, 2.75) is 0 Å². The van der Waals surface area contributed by atoms with Crippen LogP contribution in [0.1, 0.15) is 10.5 Å². The van der Waals surface area contributed by atoms with Crippen molar-refractivity contribution in [2.24, 2.45) is 0 Å². The molecule has 0 aliphatic heterocycles. The zero-order valence-electron chi connectivity index (χ0n) is 9.32. The molecular formula is C12H7Cl2FN2O2. The number of hydrogen-bond donors (Lipinski definition) is 2. The van der Waals surface area contributed by atoms with Gasteiger partial charge in [-0.2, -0.15) is 0 Å². The lowest BCUT2D eigenvalue weighted by Crippen LogP contribution is -2.05. The Morgan fingerprint density at radius 1 is 1.32 bits per heavy atom. The first-order valence-corrected chi connectivity index (χ1v) is 5.80. The molecule has 0 aliphatic carbocycles. The number of carbonyl (C=O) groups is 1. The Morgan fingerprint density at radius 3 is 2.58 bits per heavy atom. The van der Waals surface area contributed by atoms with Crippen LogP contribution in [-0.4, -0.2) is 16.1 Å². The molecule has 0 saturated heterocycles. The summed E-state index contributed by atoms with van der Waals surface area (Å²) in [4.78, 5) is 14.9. The lowest BCUT2D eigenvalue weighted by atomic mass is 10.1. The molecule has 7 heteroatoms. The number of hydrogen-bond acceptors (Lipinski definition) is 3. The normalized spacial score (nSPS) is 10.5. The summed E-state index contributed by atoms with van der Waals surface area (Å²) in [6, 6.07) is 5.06. The van der Waals surface area contributed by atoms with Crippen LogP contribution < -0.4 is 5.73 Å². The highest BCUT2D eigenvalue weighted by atomic mass is 35.5. The topological polar surface area (TPSA) is 76.2 Å². The average Bonchev–Trinajstić information content (AvgIpc) is 2.32. The van der Waals surface area contributed by atoms with Gasteiger partial charge in [-0.25, -0.2) is 14.2 Å². The Hall–Kier alpha value is -1.85. The number of aromatic nitrogens is 1.